The van der Waals surface area contributed by atoms with Crippen LogP contribution in [0.15, 0.2) is 18.2 Å². The van der Waals surface area contributed by atoms with Crippen molar-refractivity contribution in [2.75, 3.05) is 24.6 Å². The average molecular weight is 304 g/mol. The predicted octanol–water partition coefficient (Wildman–Crippen LogP) is 1.95. The molecular weight excluding hydrogens is 280 g/mol. The van der Waals surface area contributed by atoms with Gasteiger partial charge in [0.15, 0.2) is 0 Å². The number of carbonyl (C=O) groups excluding carboxylic acids is 2. The highest BCUT2D eigenvalue weighted by Gasteiger charge is 2.20. The third-order valence-corrected chi connectivity index (χ3v) is 3.88. The van der Waals surface area contributed by atoms with Crippen LogP contribution in [-0.4, -0.2) is 37.6 Å². The molecule has 2 amide bonds. The van der Waals surface area contributed by atoms with Crippen molar-refractivity contribution in [3.05, 3.63) is 29.3 Å². The lowest BCUT2D eigenvalue weighted by Gasteiger charge is -2.23. The van der Waals surface area contributed by atoms with Crippen LogP contribution in [0.3, 0.4) is 0 Å². The van der Waals surface area contributed by atoms with E-state index >= 15 is 0 Å². The molecular formula is C17H24N2O3. The lowest BCUT2D eigenvalue weighted by atomic mass is 10.1. The van der Waals surface area contributed by atoms with Crippen LogP contribution in [-0.2, 0) is 14.3 Å². The number of carbonyl (C=O) groups is 2. The Morgan fingerprint density at radius 1 is 1.36 bits per heavy atom. The fourth-order valence-electron chi connectivity index (χ4n) is 2.71. The molecule has 1 aromatic carbocycles. The number of rotatable bonds is 5. The highest BCUT2D eigenvalue weighted by molar-refractivity contribution is 5.98. The second-order valence-corrected chi connectivity index (χ2v) is 5.83. The maximum absolute atomic E-state index is 12.1. The zero-order chi connectivity index (χ0) is 16.1. The summed E-state index contributed by atoms with van der Waals surface area (Å²) < 4.78 is 5.48. The number of hydrogen-bond acceptors (Lipinski definition) is 3. The van der Waals surface area contributed by atoms with E-state index in [-0.39, 0.29) is 24.5 Å². The normalized spacial score (nSPS) is 17.3. The topological polar surface area (TPSA) is 58.6 Å². The van der Waals surface area contributed by atoms with E-state index in [2.05, 4.69) is 5.32 Å². The first-order chi connectivity index (χ1) is 10.5. The molecule has 0 spiro atoms. The Morgan fingerprint density at radius 2 is 2.14 bits per heavy atom. The van der Waals surface area contributed by atoms with E-state index in [0.717, 1.165) is 36.3 Å². The first kappa shape index (κ1) is 16.5. The van der Waals surface area contributed by atoms with Gasteiger partial charge in [-0.05, 0) is 38.3 Å². The van der Waals surface area contributed by atoms with Crippen LogP contribution in [0.2, 0.25) is 0 Å². The predicted molar refractivity (Wildman–Crippen MR) is 85.9 cm³/mol. The summed E-state index contributed by atoms with van der Waals surface area (Å²) in [6.07, 6.45) is 2.13. The number of anilines is 1. The van der Waals surface area contributed by atoms with Gasteiger partial charge in [-0.15, -0.1) is 0 Å². The van der Waals surface area contributed by atoms with Crippen LogP contribution in [0.25, 0.3) is 0 Å². The molecule has 2 rings (SSSR count). The van der Waals surface area contributed by atoms with Crippen molar-refractivity contribution in [3.8, 4) is 0 Å². The van der Waals surface area contributed by atoms with E-state index in [1.54, 1.807) is 0 Å². The molecule has 1 fully saturated rings. The van der Waals surface area contributed by atoms with E-state index in [9.17, 15) is 9.59 Å². The summed E-state index contributed by atoms with van der Waals surface area (Å²) in [5.41, 5.74) is 2.90. The number of amides is 2. The van der Waals surface area contributed by atoms with Gasteiger partial charge in [0.2, 0.25) is 11.8 Å². The number of nitrogens with zero attached hydrogens (tertiary/aromatic N) is 1. The van der Waals surface area contributed by atoms with Crippen LogP contribution >= 0.6 is 0 Å². The molecule has 1 aliphatic rings. The molecule has 1 saturated heterocycles. The van der Waals surface area contributed by atoms with Crippen molar-refractivity contribution in [2.24, 2.45) is 0 Å². The molecule has 0 aromatic heterocycles. The van der Waals surface area contributed by atoms with E-state index in [1.807, 2.05) is 32.0 Å². The SMILES string of the molecule is CC(=O)N(CC(=O)NCC1CCCO1)c1ccc(C)cc1C. The molecule has 1 aliphatic heterocycles. The van der Waals surface area contributed by atoms with E-state index < -0.39 is 0 Å². The Kier molecular flexibility index (Phi) is 5.55. The smallest absolute Gasteiger partial charge is 0.240 e. The van der Waals surface area contributed by atoms with Gasteiger partial charge >= 0.3 is 0 Å². The summed E-state index contributed by atoms with van der Waals surface area (Å²) in [5.74, 6) is -0.301. The summed E-state index contributed by atoms with van der Waals surface area (Å²) in [5, 5.41) is 2.85. The number of ether oxygens (including phenoxy) is 1. The van der Waals surface area contributed by atoms with Crippen molar-refractivity contribution < 1.29 is 14.3 Å². The molecule has 0 bridgehead atoms. The molecule has 1 N–H and O–H groups in total. The van der Waals surface area contributed by atoms with Gasteiger partial charge in [0.05, 0.1) is 6.10 Å². The zero-order valence-electron chi connectivity index (χ0n) is 13.5. The molecule has 0 radical (unpaired) electrons. The number of benzene rings is 1. The van der Waals surface area contributed by atoms with Crippen LogP contribution in [0, 0.1) is 13.8 Å². The first-order valence-electron chi connectivity index (χ1n) is 7.71. The van der Waals surface area contributed by atoms with Crippen molar-refractivity contribution >= 4 is 17.5 Å². The van der Waals surface area contributed by atoms with Crippen molar-refractivity contribution in [1.29, 1.82) is 0 Å². The zero-order valence-corrected chi connectivity index (χ0v) is 13.5. The summed E-state index contributed by atoms with van der Waals surface area (Å²) in [7, 11) is 0. The van der Waals surface area contributed by atoms with Gasteiger partial charge in [-0.2, -0.15) is 0 Å². The minimum Gasteiger partial charge on any atom is -0.376 e. The van der Waals surface area contributed by atoms with Crippen LogP contribution < -0.4 is 10.2 Å². The molecule has 0 saturated carbocycles. The van der Waals surface area contributed by atoms with Gasteiger partial charge in [-0.3, -0.25) is 9.59 Å². The number of nitrogens with one attached hydrogen (secondary N) is 1. The molecule has 0 aliphatic carbocycles. The molecule has 5 heteroatoms. The Bertz CT molecular complexity index is 551. The Balaban J connectivity index is 1.98. The van der Waals surface area contributed by atoms with Crippen LogP contribution in [0.4, 0.5) is 5.69 Å². The summed E-state index contributed by atoms with van der Waals surface area (Å²) in [4.78, 5) is 25.5. The second-order valence-electron chi connectivity index (χ2n) is 5.83. The minimum atomic E-state index is -0.161. The first-order valence-corrected chi connectivity index (χ1v) is 7.71. The Hall–Kier alpha value is -1.88. The van der Waals surface area contributed by atoms with E-state index in [1.165, 1.54) is 11.8 Å². The highest BCUT2D eigenvalue weighted by Crippen LogP contribution is 2.21. The number of hydrogen-bond donors (Lipinski definition) is 1. The average Bonchev–Trinajstić information content (AvgIpc) is 2.96. The van der Waals surface area contributed by atoms with E-state index in [0.29, 0.717) is 6.54 Å². The molecule has 1 aromatic rings. The fourth-order valence-corrected chi connectivity index (χ4v) is 2.71. The highest BCUT2D eigenvalue weighted by atomic mass is 16.5. The van der Waals surface area contributed by atoms with Crippen molar-refractivity contribution in [1.82, 2.24) is 5.32 Å². The second kappa shape index (κ2) is 7.40. The van der Waals surface area contributed by atoms with Crippen molar-refractivity contribution in [3.63, 3.8) is 0 Å². The lowest BCUT2D eigenvalue weighted by Crippen LogP contribution is -2.42. The standard InChI is InChI=1S/C17H24N2O3/c1-12-6-7-16(13(2)9-12)19(14(3)20)11-17(21)18-10-15-5-4-8-22-15/h6-7,9,15H,4-5,8,10-11H2,1-3H3,(H,18,21). The maximum atomic E-state index is 12.1. The molecule has 5 nitrogen and oxygen atoms in total. The van der Waals surface area contributed by atoms with Gasteiger partial charge in [0, 0.05) is 25.8 Å². The molecule has 1 heterocycles. The van der Waals surface area contributed by atoms with Gasteiger partial charge < -0.3 is 15.0 Å². The van der Waals surface area contributed by atoms with Crippen LogP contribution in [0.1, 0.15) is 30.9 Å². The third kappa shape index (κ3) is 4.31. The summed E-state index contributed by atoms with van der Waals surface area (Å²) in [6, 6.07) is 5.84. The van der Waals surface area contributed by atoms with Crippen LogP contribution in [0.5, 0.6) is 0 Å². The van der Waals surface area contributed by atoms with Gasteiger partial charge in [-0.1, -0.05) is 17.7 Å². The monoisotopic (exact) mass is 304 g/mol. The van der Waals surface area contributed by atoms with Gasteiger partial charge in [-0.25, -0.2) is 0 Å². The molecule has 1 unspecified atom stereocenters. The lowest BCUT2D eigenvalue weighted by molar-refractivity contribution is -0.123. The largest absolute Gasteiger partial charge is 0.376 e. The Morgan fingerprint density at radius 3 is 2.73 bits per heavy atom. The number of aryl methyl sites for hydroxylation is 2. The molecule has 1 atom stereocenters. The molecule has 22 heavy (non-hydrogen) atoms. The minimum absolute atomic E-state index is 0.0337. The summed E-state index contributed by atoms with van der Waals surface area (Å²) in [6.45, 7) is 6.74. The fraction of sp³-hybridized carbons (Fsp3) is 0.529. The summed E-state index contributed by atoms with van der Waals surface area (Å²) >= 11 is 0. The van der Waals surface area contributed by atoms with Gasteiger partial charge in [0.1, 0.15) is 6.54 Å². The maximum Gasteiger partial charge on any atom is 0.240 e. The Labute approximate surface area is 131 Å². The quantitative estimate of drug-likeness (QED) is 0.904. The van der Waals surface area contributed by atoms with Crippen molar-refractivity contribution in [2.45, 2.75) is 39.7 Å². The third-order valence-electron chi connectivity index (χ3n) is 3.88. The molecule has 120 valence electrons. The van der Waals surface area contributed by atoms with Gasteiger partial charge in [0.25, 0.3) is 0 Å². The van der Waals surface area contributed by atoms with E-state index in [4.69, 9.17) is 4.74 Å².